The average Bonchev–Trinajstić information content (AvgIpc) is 3.39. The summed E-state index contributed by atoms with van der Waals surface area (Å²) in [5.74, 6) is 0.879. The summed E-state index contributed by atoms with van der Waals surface area (Å²) in [4.78, 5) is 0. The minimum Gasteiger partial charge on any atom is -0.497 e. The number of hydrogen-bond acceptors (Lipinski definition) is 2. The van der Waals surface area contributed by atoms with Crippen molar-refractivity contribution in [3.63, 3.8) is 0 Å². The molecule has 4 rings (SSSR count). The van der Waals surface area contributed by atoms with Crippen LogP contribution in [0.3, 0.4) is 0 Å². The third-order valence-corrected chi connectivity index (χ3v) is 4.02. The average molecular weight is 276 g/mol. The van der Waals surface area contributed by atoms with Gasteiger partial charge in [-0.15, -0.1) is 0 Å². The summed E-state index contributed by atoms with van der Waals surface area (Å²) in [6, 6.07) is 21.2. The molecule has 1 atom stereocenters. The maximum Gasteiger partial charge on any atom is 0.119 e. The fourth-order valence-corrected chi connectivity index (χ4v) is 2.87. The summed E-state index contributed by atoms with van der Waals surface area (Å²) in [6.07, 6.45) is 0.203. The summed E-state index contributed by atoms with van der Waals surface area (Å²) >= 11 is 0. The maximum atomic E-state index is 5.51. The number of epoxide rings is 1. The Morgan fingerprint density at radius 3 is 2.57 bits per heavy atom. The van der Waals surface area contributed by atoms with E-state index < -0.39 is 0 Å². The minimum absolute atomic E-state index is 0.203. The molecular weight excluding hydrogens is 260 g/mol. The van der Waals surface area contributed by atoms with Crippen LogP contribution in [0.1, 0.15) is 11.7 Å². The SMILES string of the molecule is COc1ccc(-c2cccc3ccccc23)c(C2CO2)c1. The number of methoxy groups -OCH3 is 1. The zero-order valence-corrected chi connectivity index (χ0v) is 11.9. The van der Waals surface area contributed by atoms with Gasteiger partial charge in [-0.2, -0.15) is 0 Å². The second kappa shape index (κ2) is 4.90. The monoisotopic (exact) mass is 276 g/mol. The van der Waals surface area contributed by atoms with Gasteiger partial charge in [0.2, 0.25) is 0 Å². The Bertz CT molecular complexity index is 798. The maximum absolute atomic E-state index is 5.51. The molecule has 3 aromatic carbocycles. The molecule has 1 aliphatic heterocycles. The number of rotatable bonds is 3. The lowest BCUT2D eigenvalue weighted by Crippen LogP contribution is -1.92. The molecule has 0 saturated carbocycles. The number of hydrogen-bond donors (Lipinski definition) is 0. The van der Waals surface area contributed by atoms with E-state index >= 15 is 0 Å². The summed E-state index contributed by atoms with van der Waals surface area (Å²) in [5, 5.41) is 2.53. The van der Waals surface area contributed by atoms with Crippen molar-refractivity contribution >= 4 is 10.8 Å². The zero-order chi connectivity index (χ0) is 14.2. The van der Waals surface area contributed by atoms with E-state index in [1.54, 1.807) is 7.11 Å². The highest BCUT2D eigenvalue weighted by molar-refractivity contribution is 5.97. The Labute approximate surface area is 123 Å². The van der Waals surface area contributed by atoms with Crippen LogP contribution in [0.4, 0.5) is 0 Å². The van der Waals surface area contributed by atoms with Crippen LogP contribution in [0.5, 0.6) is 5.75 Å². The Morgan fingerprint density at radius 1 is 0.952 bits per heavy atom. The lowest BCUT2D eigenvalue weighted by atomic mass is 9.93. The quantitative estimate of drug-likeness (QED) is 0.653. The zero-order valence-electron chi connectivity index (χ0n) is 11.9. The van der Waals surface area contributed by atoms with Gasteiger partial charge >= 0.3 is 0 Å². The lowest BCUT2D eigenvalue weighted by Gasteiger charge is -2.12. The fraction of sp³-hybridized carbons (Fsp3) is 0.158. The Hall–Kier alpha value is -2.32. The Morgan fingerprint density at radius 2 is 1.76 bits per heavy atom. The second-order valence-corrected chi connectivity index (χ2v) is 5.30. The molecule has 0 aliphatic carbocycles. The largest absolute Gasteiger partial charge is 0.497 e. The molecule has 1 fully saturated rings. The van der Waals surface area contributed by atoms with Crippen molar-refractivity contribution in [3.05, 3.63) is 66.2 Å². The van der Waals surface area contributed by atoms with Crippen LogP contribution in [-0.4, -0.2) is 13.7 Å². The van der Waals surface area contributed by atoms with E-state index in [-0.39, 0.29) is 6.10 Å². The van der Waals surface area contributed by atoms with Gasteiger partial charge in [0.25, 0.3) is 0 Å². The summed E-state index contributed by atoms with van der Waals surface area (Å²) in [6.45, 7) is 0.797. The van der Waals surface area contributed by atoms with E-state index in [9.17, 15) is 0 Å². The van der Waals surface area contributed by atoms with Crippen molar-refractivity contribution in [1.29, 1.82) is 0 Å². The highest BCUT2D eigenvalue weighted by atomic mass is 16.6. The molecule has 1 unspecified atom stereocenters. The molecule has 1 heterocycles. The molecule has 0 bridgehead atoms. The van der Waals surface area contributed by atoms with Crippen molar-refractivity contribution < 1.29 is 9.47 Å². The number of benzene rings is 3. The molecule has 1 saturated heterocycles. The van der Waals surface area contributed by atoms with Crippen molar-refractivity contribution in [2.75, 3.05) is 13.7 Å². The molecule has 0 amide bonds. The van der Waals surface area contributed by atoms with Gasteiger partial charge in [-0.25, -0.2) is 0 Å². The first-order chi connectivity index (χ1) is 10.4. The van der Waals surface area contributed by atoms with E-state index in [0.29, 0.717) is 0 Å². The summed E-state index contributed by atoms with van der Waals surface area (Å²) in [7, 11) is 1.70. The Kier molecular flexibility index (Phi) is 2.90. The van der Waals surface area contributed by atoms with Crippen molar-refractivity contribution in [2.45, 2.75) is 6.10 Å². The molecule has 1 aliphatic rings. The van der Waals surface area contributed by atoms with Crippen LogP contribution >= 0.6 is 0 Å². The van der Waals surface area contributed by atoms with Gasteiger partial charge in [-0.05, 0) is 39.6 Å². The minimum atomic E-state index is 0.203. The smallest absolute Gasteiger partial charge is 0.119 e. The molecule has 2 nitrogen and oxygen atoms in total. The molecular formula is C19H16O2. The standard InChI is InChI=1S/C19H16O2/c1-20-14-9-10-17(18(11-14)19-12-21-19)16-8-4-6-13-5-2-3-7-15(13)16/h2-11,19H,12H2,1H3. The normalized spacial score (nSPS) is 16.9. The number of fused-ring (bicyclic) bond motifs is 1. The molecule has 0 spiro atoms. The van der Waals surface area contributed by atoms with Crippen LogP contribution < -0.4 is 4.74 Å². The first kappa shape index (κ1) is 12.4. The lowest BCUT2D eigenvalue weighted by molar-refractivity contribution is 0.405. The van der Waals surface area contributed by atoms with Crippen molar-refractivity contribution in [2.24, 2.45) is 0 Å². The second-order valence-electron chi connectivity index (χ2n) is 5.30. The predicted molar refractivity (Wildman–Crippen MR) is 84.6 cm³/mol. The van der Waals surface area contributed by atoms with E-state index in [0.717, 1.165) is 12.4 Å². The molecule has 3 aromatic rings. The van der Waals surface area contributed by atoms with Crippen LogP contribution in [0, 0.1) is 0 Å². The van der Waals surface area contributed by atoms with Crippen molar-refractivity contribution in [1.82, 2.24) is 0 Å². The van der Waals surface area contributed by atoms with Gasteiger partial charge in [0, 0.05) is 0 Å². The first-order valence-electron chi connectivity index (χ1n) is 7.14. The van der Waals surface area contributed by atoms with Gasteiger partial charge in [0.1, 0.15) is 11.9 Å². The van der Waals surface area contributed by atoms with Gasteiger partial charge in [-0.3, -0.25) is 0 Å². The van der Waals surface area contributed by atoms with Crippen LogP contribution in [0.15, 0.2) is 60.7 Å². The molecule has 0 radical (unpaired) electrons. The fourth-order valence-electron chi connectivity index (χ4n) is 2.87. The van der Waals surface area contributed by atoms with E-state index in [1.165, 1.54) is 27.5 Å². The van der Waals surface area contributed by atoms with Gasteiger partial charge in [-0.1, -0.05) is 48.5 Å². The van der Waals surface area contributed by atoms with Crippen LogP contribution in [0.25, 0.3) is 21.9 Å². The van der Waals surface area contributed by atoms with E-state index in [4.69, 9.17) is 9.47 Å². The van der Waals surface area contributed by atoms with Gasteiger partial charge < -0.3 is 9.47 Å². The molecule has 0 aromatic heterocycles. The third-order valence-electron chi connectivity index (χ3n) is 4.02. The molecule has 104 valence electrons. The van der Waals surface area contributed by atoms with Gasteiger partial charge in [0.15, 0.2) is 0 Å². The highest BCUT2D eigenvalue weighted by Gasteiger charge is 2.28. The van der Waals surface area contributed by atoms with Crippen molar-refractivity contribution in [3.8, 4) is 16.9 Å². The Balaban J connectivity index is 1.96. The first-order valence-corrected chi connectivity index (χ1v) is 7.14. The van der Waals surface area contributed by atoms with Crippen LogP contribution in [-0.2, 0) is 4.74 Å². The van der Waals surface area contributed by atoms with Crippen LogP contribution in [0.2, 0.25) is 0 Å². The predicted octanol–water partition coefficient (Wildman–Crippen LogP) is 4.59. The topological polar surface area (TPSA) is 21.8 Å². The van der Waals surface area contributed by atoms with E-state index in [1.807, 2.05) is 6.07 Å². The highest BCUT2D eigenvalue weighted by Crippen LogP contribution is 2.41. The molecule has 2 heteroatoms. The van der Waals surface area contributed by atoms with E-state index in [2.05, 4.69) is 54.6 Å². The van der Waals surface area contributed by atoms with Gasteiger partial charge in [0.05, 0.1) is 13.7 Å². The summed E-state index contributed by atoms with van der Waals surface area (Å²) in [5.41, 5.74) is 3.70. The third kappa shape index (κ3) is 2.18. The molecule has 21 heavy (non-hydrogen) atoms. The number of ether oxygens (including phenoxy) is 2. The molecule has 0 N–H and O–H groups in total. The summed E-state index contributed by atoms with van der Waals surface area (Å²) < 4.78 is 10.9.